The SMILES string of the molecule is Cc1cc(OC(C)C)nc(C)c1C1(n2cccn2)CCOC1. The molecule has 1 fully saturated rings. The Morgan fingerprint density at radius 1 is 1.36 bits per heavy atom. The molecule has 0 aliphatic carbocycles. The molecule has 1 aliphatic rings. The third-order valence-electron chi connectivity index (χ3n) is 4.14. The van der Waals surface area contributed by atoms with E-state index in [0.29, 0.717) is 12.5 Å². The molecule has 0 radical (unpaired) electrons. The molecule has 0 amide bonds. The summed E-state index contributed by atoms with van der Waals surface area (Å²) in [5.41, 5.74) is 3.09. The summed E-state index contributed by atoms with van der Waals surface area (Å²) in [4.78, 5) is 4.65. The van der Waals surface area contributed by atoms with Gasteiger partial charge in [0.2, 0.25) is 5.88 Å². The van der Waals surface area contributed by atoms with Gasteiger partial charge in [-0.1, -0.05) is 0 Å². The highest BCUT2D eigenvalue weighted by Crippen LogP contribution is 2.38. The fourth-order valence-corrected chi connectivity index (χ4v) is 3.37. The smallest absolute Gasteiger partial charge is 0.213 e. The zero-order valence-corrected chi connectivity index (χ0v) is 13.7. The molecule has 2 aromatic heterocycles. The first-order chi connectivity index (χ1) is 10.5. The van der Waals surface area contributed by atoms with Crippen molar-refractivity contribution in [3.63, 3.8) is 0 Å². The minimum Gasteiger partial charge on any atom is -0.475 e. The zero-order valence-electron chi connectivity index (χ0n) is 13.7. The van der Waals surface area contributed by atoms with Gasteiger partial charge in [0.15, 0.2) is 0 Å². The highest BCUT2D eigenvalue weighted by molar-refractivity contribution is 5.40. The Bertz CT molecular complexity index is 621. The van der Waals surface area contributed by atoms with Crippen LogP contribution >= 0.6 is 0 Å². The molecule has 0 bridgehead atoms. The van der Waals surface area contributed by atoms with E-state index in [0.717, 1.165) is 18.7 Å². The molecule has 3 heterocycles. The molecule has 0 spiro atoms. The quantitative estimate of drug-likeness (QED) is 0.871. The van der Waals surface area contributed by atoms with E-state index in [1.807, 2.05) is 50.0 Å². The van der Waals surface area contributed by atoms with Gasteiger partial charge in [-0.25, -0.2) is 4.98 Å². The van der Waals surface area contributed by atoms with Gasteiger partial charge in [-0.05, 0) is 39.3 Å². The second-order valence-electron chi connectivity index (χ2n) is 6.19. The summed E-state index contributed by atoms with van der Waals surface area (Å²) in [5, 5.41) is 4.48. The Morgan fingerprint density at radius 3 is 2.73 bits per heavy atom. The maximum atomic E-state index is 5.75. The molecule has 5 heteroatoms. The summed E-state index contributed by atoms with van der Waals surface area (Å²) in [6.07, 6.45) is 4.84. The Hall–Kier alpha value is -1.88. The second-order valence-corrected chi connectivity index (χ2v) is 6.19. The minimum absolute atomic E-state index is 0.118. The van der Waals surface area contributed by atoms with Crippen molar-refractivity contribution in [3.8, 4) is 5.88 Å². The lowest BCUT2D eigenvalue weighted by Gasteiger charge is -2.31. The van der Waals surface area contributed by atoms with E-state index in [9.17, 15) is 0 Å². The Labute approximate surface area is 131 Å². The van der Waals surface area contributed by atoms with Gasteiger partial charge in [0.05, 0.1) is 12.7 Å². The maximum absolute atomic E-state index is 5.75. The van der Waals surface area contributed by atoms with Gasteiger partial charge in [0.25, 0.3) is 0 Å². The summed E-state index contributed by atoms with van der Waals surface area (Å²) in [6.45, 7) is 9.54. The molecule has 1 unspecified atom stereocenters. The standard InChI is InChI=1S/C17H23N3O2/c1-12(2)22-15-10-13(3)16(14(4)19-15)17(6-9-21-11-17)20-8-5-7-18-20/h5,7-8,10,12H,6,9,11H2,1-4H3. The molecular weight excluding hydrogens is 278 g/mol. The van der Waals surface area contributed by atoms with Gasteiger partial charge >= 0.3 is 0 Å². The van der Waals surface area contributed by atoms with Crippen LogP contribution in [-0.4, -0.2) is 34.1 Å². The van der Waals surface area contributed by atoms with E-state index in [2.05, 4.69) is 17.0 Å². The van der Waals surface area contributed by atoms with Crippen LogP contribution in [0, 0.1) is 13.8 Å². The summed E-state index contributed by atoms with van der Waals surface area (Å²) in [6, 6.07) is 3.97. The van der Waals surface area contributed by atoms with Crippen molar-refractivity contribution in [2.75, 3.05) is 13.2 Å². The monoisotopic (exact) mass is 301 g/mol. The summed E-state index contributed by atoms with van der Waals surface area (Å²) < 4.78 is 13.5. The van der Waals surface area contributed by atoms with E-state index >= 15 is 0 Å². The molecule has 1 aliphatic heterocycles. The van der Waals surface area contributed by atoms with Crippen LogP contribution in [0.1, 0.15) is 37.1 Å². The zero-order chi connectivity index (χ0) is 15.7. The normalized spacial score (nSPS) is 21.5. The summed E-state index contributed by atoms with van der Waals surface area (Å²) >= 11 is 0. The van der Waals surface area contributed by atoms with Gasteiger partial charge in [-0.3, -0.25) is 4.68 Å². The highest BCUT2D eigenvalue weighted by Gasteiger charge is 2.42. The average Bonchev–Trinajstić information content (AvgIpc) is 3.08. The number of hydrogen-bond acceptors (Lipinski definition) is 4. The first kappa shape index (κ1) is 15.0. The van der Waals surface area contributed by atoms with Gasteiger partial charge in [-0.2, -0.15) is 5.10 Å². The second kappa shape index (κ2) is 5.72. The van der Waals surface area contributed by atoms with E-state index in [1.54, 1.807) is 0 Å². The number of rotatable bonds is 4. The topological polar surface area (TPSA) is 49.2 Å². The van der Waals surface area contributed by atoms with Gasteiger partial charge in [0.1, 0.15) is 5.54 Å². The van der Waals surface area contributed by atoms with Crippen LogP contribution in [0.4, 0.5) is 0 Å². The Kier molecular flexibility index (Phi) is 3.91. The molecule has 2 aromatic rings. The van der Waals surface area contributed by atoms with E-state index < -0.39 is 0 Å². The summed E-state index contributed by atoms with van der Waals surface area (Å²) in [5.74, 6) is 0.684. The van der Waals surface area contributed by atoms with Crippen LogP contribution in [-0.2, 0) is 10.3 Å². The van der Waals surface area contributed by atoms with Crippen LogP contribution in [0.25, 0.3) is 0 Å². The number of hydrogen-bond donors (Lipinski definition) is 0. The molecular formula is C17H23N3O2. The molecule has 5 nitrogen and oxygen atoms in total. The average molecular weight is 301 g/mol. The highest BCUT2D eigenvalue weighted by atomic mass is 16.5. The van der Waals surface area contributed by atoms with Crippen molar-refractivity contribution >= 4 is 0 Å². The number of aromatic nitrogens is 3. The van der Waals surface area contributed by atoms with Crippen molar-refractivity contribution in [2.45, 2.75) is 45.8 Å². The number of ether oxygens (including phenoxy) is 2. The number of pyridine rings is 1. The molecule has 3 rings (SSSR count). The van der Waals surface area contributed by atoms with Crippen molar-refractivity contribution in [1.82, 2.24) is 14.8 Å². The Morgan fingerprint density at radius 2 is 2.18 bits per heavy atom. The molecule has 22 heavy (non-hydrogen) atoms. The Balaban J connectivity index is 2.10. The molecule has 0 N–H and O–H groups in total. The summed E-state index contributed by atoms with van der Waals surface area (Å²) in [7, 11) is 0. The number of aryl methyl sites for hydroxylation is 2. The molecule has 0 aromatic carbocycles. The van der Waals surface area contributed by atoms with E-state index in [1.165, 1.54) is 11.1 Å². The van der Waals surface area contributed by atoms with E-state index in [4.69, 9.17) is 9.47 Å². The fraction of sp³-hybridized carbons (Fsp3) is 0.529. The first-order valence-corrected chi connectivity index (χ1v) is 7.76. The van der Waals surface area contributed by atoms with Crippen LogP contribution < -0.4 is 4.74 Å². The van der Waals surface area contributed by atoms with Gasteiger partial charge < -0.3 is 9.47 Å². The lowest BCUT2D eigenvalue weighted by molar-refractivity contribution is 0.163. The first-order valence-electron chi connectivity index (χ1n) is 7.76. The lowest BCUT2D eigenvalue weighted by atomic mass is 9.85. The van der Waals surface area contributed by atoms with Crippen molar-refractivity contribution in [2.24, 2.45) is 0 Å². The van der Waals surface area contributed by atoms with Crippen molar-refractivity contribution in [3.05, 3.63) is 41.3 Å². The van der Waals surface area contributed by atoms with Gasteiger partial charge in [-0.15, -0.1) is 0 Å². The van der Waals surface area contributed by atoms with Crippen molar-refractivity contribution < 1.29 is 9.47 Å². The molecule has 1 atom stereocenters. The fourth-order valence-electron chi connectivity index (χ4n) is 3.37. The van der Waals surface area contributed by atoms with Crippen LogP contribution in [0.2, 0.25) is 0 Å². The molecule has 118 valence electrons. The third kappa shape index (κ3) is 2.50. The van der Waals surface area contributed by atoms with Crippen LogP contribution in [0.5, 0.6) is 5.88 Å². The van der Waals surface area contributed by atoms with Crippen LogP contribution in [0.15, 0.2) is 24.5 Å². The molecule has 0 saturated carbocycles. The predicted molar refractivity (Wildman–Crippen MR) is 84.2 cm³/mol. The predicted octanol–water partition coefficient (Wildman–Crippen LogP) is 2.85. The van der Waals surface area contributed by atoms with Crippen LogP contribution in [0.3, 0.4) is 0 Å². The van der Waals surface area contributed by atoms with Crippen molar-refractivity contribution in [1.29, 1.82) is 0 Å². The maximum Gasteiger partial charge on any atom is 0.213 e. The molecule has 1 saturated heterocycles. The largest absolute Gasteiger partial charge is 0.475 e. The lowest BCUT2D eigenvalue weighted by Crippen LogP contribution is -2.37. The van der Waals surface area contributed by atoms with E-state index in [-0.39, 0.29) is 11.6 Å². The minimum atomic E-state index is -0.263. The number of nitrogens with zero attached hydrogens (tertiary/aromatic N) is 3. The van der Waals surface area contributed by atoms with Gasteiger partial charge in [0, 0.05) is 42.7 Å². The third-order valence-corrected chi connectivity index (χ3v) is 4.14.